The maximum atomic E-state index is 14.0. The van der Waals surface area contributed by atoms with E-state index in [0.717, 1.165) is 31.5 Å². The van der Waals surface area contributed by atoms with Gasteiger partial charge in [0.1, 0.15) is 19.8 Å². The van der Waals surface area contributed by atoms with Gasteiger partial charge in [0.2, 0.25) is 23.7 Å². The number of hydrogen-bond acceptors (Lipinski definition) is 7. The Labute approximate surface area is 278 Å². The highest BCUT2D eigenvalue weighted by Crippen LogP contribution is 2.41. The summed E-state index contributed by atoms with van der Waals surface area (Å²) in [6, 6.07) is 8.38. The number of carbonyl (C=O) groups is 3. The Kier molecular flexibility index (Phi) is 10.8. The minimum Gasteiger partial charge on any atom is -0.445 e. The summed E-state index contributed by atoms with van der Waals surface area (Å²) in [6.45, 7) is 2.79. The first-order valence-electron chi connectivity index (χ1n) is 17.3. The summed E-state index contributed by atoms with van der Waals surface area (Å²) < 4.78 is 71.6. The summed E-state index contributed by atoms with van der Waals surface area (Å²) >= 11 is 0. The molecule has 48 heavy (non-hydrogen) atoms. The van der Waals surface area contributed by atoms with Crippen LogP contribution in [0, 0.1) is 0 Å². The monoisotopic (exact) mass is 682 g/mol. The minimum atomic E-state index is -2.76. The summed E-state index contributed by atoms with van der Waals surface area (Å²) in [6.07, 6.45) is 1.62. The number of benzene rings is 1. The lowest BCUT2D eigenvalue weighted by atomic mass is 9.85. The lowest BCUT2D eigenvalue weighted by Crippen LogP contribution is -2.63. The zero-order chi connectivity index (χ0) is 33.9. The highest BCUT2D eigenvalue weighted by atomic mass is 19.3. The van der Waals surface area contributed by atoms with Crippen LogP contribution in [0.3, 0.4) is 0 Å². The van der Waals surface area contributed by atoms with Crippen molar-refractivity contribution in [3.05, 3.63) is 35.9 Å². The van der Waals surface area contributed by atoms with Crippen molar-refractivity contribution in [2.24, 2.45) is 0 Å². The lowest BCUT2D eigenvalue weighted by molar-refractivity contribution is -0.183. The molecular weight excluding hydrogens is 636 g/mol. The van der Waals surface area contributed by atoms with Crippen LogP contribution in [0.2, 0.25) is 0 Å². The number of hydrogen-bond donors (Lipinski definition) is 1. The van der Waals surface area contributed by atoms with Crippen molar-refractivity contribution >= 4 is 17.9 Å². The molecule has 4 atom stereocenters. The van der Waals surface area contributed by atoms with Crippen molar-refractivity contribution in [2.45, 2.75) is 119 Å². The van der Waals surface area contributed by atoms with Gasteiger partial charge in [-0.15, -0.1) is 0 Å². The normalized spacial score (nSPS) is 30.9. The third-order valence-electron chi connectivity index (χ3n) is 10.6. The van der Waals surface area contributed by atoms with E-state index >= 15 is 0 Å². The summed E-state index contributed by atoms with van der Waals surface area (Å²) in [7, 11) is 0. The van der Waals surface area contributed by atoms with Crippen LogP contribution in [0.4, 0.5) is 22.4 Å². The Morgan fingerprint density at radius 3 is 1.79 bits per heavy atom. The fourth-order valence-corrected chi connectivity index (χ4v) is 8.16. The smallest absolute Gasteiger partial charge is 0.410 e. The van der Waals surface area contributed by atoms with E-state index in [1.807, 2.05) is 30.3 Å². The van der Waals surface area contributed by atoms with E-state index in [-0.39, 0.29) is 94.1 Å². The molecule has 4 saturated heterocycles. The fourth-order valence-electron chi connectivity index (χ4n) is 8.16. The maximum Gasteiger partial charge on any atom is 0.410 e. The van der Waals surface area contributed by atoms with Crippen LogP contribution in [-0.4, -0.2) is 120 Å². The molecule has 1 aromatic carbocycles. The molecule has 0 spiro atoms. The molecule has 4 aliphatic heterocycles. The first kappa shape index (κ1) is 34.9. The highest BCUT2D eigenvalue weighted by molar-refractivity contribution is 5.79. The second kappa shape index (κ2) is 14.9. The SMILES string of the molecule is O=C(OCc1ccccc1)N1CCC(N2C(=O)CO[C@@H]3CCC(F)(F)C[C@H]32)CC1.O=C1CO[C@@H]2CCC(F)(F)C[C@H]2N1C1CCNCC1. The third kappa shape index (κ3) is 8.24. The summed E-state index contributed by atoms with van der Waals surface area (Å²) in [4.78, 5) is 41.9. The van der Waals surface area contributed by atoms with Gasteiger partial charge in [-0.2, -0.15) is 0 Å². The van der Waals surface area contributed by atoms with Crippen molar-refractivity contribution in [3.63, 3.8) is 0 Å². The number of alkyl halides is 4. The average Bonchev–Trinajstić information content (AvgIpc) is 3.07. The maximum absolute atomic E-state index is 14.0. The van der Waals surface area contributed by atoms with Crippen LogP contribution in [0.1, 0.15) is 69.8 Å². The van der Waals surface area contributed by atoms with Gasteiger partial charge in [0.25, 0.3) is 0 Å². The van der Waals surface area contributed by atoms with Crippen LogP contribution in [0.15, 0.2) is 30.3 Å². The number of ether oxygens (including phenoxy) is 3. The average molecular weight is 683 g/mol. The number of amides is 3. The zero-order valence-corrected chi connectivity index (χ0v) is 27.2. The van der Waals surface area contributed by atoms with Crippen LogP contribution >= 0.6 is 0 Å². The molecule has 0 bridgehead atoms. The minimum absolute atomic E-state index is 0.0495. The van der Waals surface area contributed by atoms with Gasteiger partial charge in [-0.3, -0.25) is 9.59 Å². The molecule has 0 radical (unpaired) electrons. The Morgan fingerprint density at radius 1 is 0.771 bits per heavy atom. The van der Waals surface area contributed by atoms with Crippen molar-refractivity contribution in [3.8, 4) is 0 Å². The molecule has 1 N–H and O–H groups in total. The van der Waals surface area contributed by atoms with Gasteiger partial charge < -0.3 is 34.2 Å². The number of piperidine rings is 2. The Bertz CT molecular complexity index is 1280. The second-order valence-corrected chi connectivity index (χ2v) is 13.9. The van der Waals surface area contributed by atoms with Crippen molar-refractivity contribution in [1.29, 1.82) is 0 Å². The van der Waals surface area contributed by atoms with Crippen LogP contribution < -0.4 is 5.32 Å². The van der Waals surface area contributed by atoms with E-state index < -0.39 is 23.9 Å². The Hall–Kier alpha value is -2.97. The van der Waals surface area contributed by atoms with E-state index in [2.05, 4.69) is 5.32 Å². The van der Waals surface area contributed by atoms with Gasteiger partial charge in [-0.1, -0.05) is 30.3 Å². The van der Waals surface area contributed by atoms with Crippen molar-refractivity contribution < 1.29 is 46.2 Å². The molecule has 2 saturated carbocycles. The summed E-state index contributed by atoms with van der Waals surface area (Å²) in [5, 5.41) is 3.24. The van der Waals surface area contributed by atoms with Gasteiger partial charge in [-0.25, -0.2) is 22.4 Å². The molecular formula is C34H46F4N4O6. The predicted molar refractivity (Wildman–Crippen MR) is 165 cm³/mol. The second-order valence-electron chi connectivity index (χ2n) is 13.9. The van der Waals surface area contributed by atoms with Gasteiger partial charge in [-0.05, 0) is 57.2 Å². The largest absolute Gasteiger partial charge is 0.445 e. The molecule has 4 heterocycles. The highest BCUT2D eigenvalue weighted by Gasteiger charge is 2.51. The quantitative estimate of drug-likeness (QED) is 0.472. The van der Waals surface area contributed by atoms with E-state index in [4.69, 9.17) is 14.2 Å². The van der Waals surface area contributed by atoms with E-state index in [1.165, 1.54) is 0 Å². The lowest BCUT2D eigenvalue weighted by Gasteiger charge is -2.50. The number of morpholine rings is 2. The van der Waals surface area contributed by atoms with Crippen LogP contribution in [0.5, 0.6) is 0 Å². The number of nitrogens with one attached hydrogen (secondary N) is 1. The first-order valence-corrected chi connectivity index (χ1v) is 17.3. The molecule has 1 aromatic rings. The van der Waals surface area contributed by atoms with E-state index in [0.29, 0.717) is 32.4 Å². The number of likely N-dealkylation sites (tertiary alicyclic amines) is 1. The number of fused-ring (bicyclic) bond motifs is 2. The fraction of sp³-hybridized carbons (Fsp3) is 0.735. The molecule has 14 heteroatoms. The van der Waals surface area contributed by atoms with Crippen molar-refractivity contribution in [2.75, 3.05) is 39.4 Å². The molecule has 6 fully saturated rings. The number of rotatable bonds is 4. The molecule has 10 nitrogen and oxygen atoms in total. The van der Waals surface area contributed by atoms with Gasteiger partial charge >= 0.3 is 6.09 Å². The van der Waals surface area contributed by atoms with Crippen LogP contribution in [-0.2, 0) is 30.4 Å². The number of halogens is 4. The first-order chi connectivity index (χ1) is 23.0. The molecule has 6 aliphatic rings. The van der Waals surface area contributed by atoms with E-state index in [1.54, 1.807) is 14.7 Å². The molecule has 2 aliphatic carbocycles. The predicted octanol–water partition coefficient (Wildman–Crippen LogP) is 4.36. The standard InChI is InChI=1S/C21H26F2N2O4.C13H20F2N2O2/c22-21(23)9-6-18-17(12-21)25(19(26)14-28-18)16-7-10-24(11-8-16)20(27)29-13-15-4-2-1-3-5-15;14-13(15)4-1-11-10(7-13)17(12(18)8-19-11)9-2-5-16-6-3-9/h1-5,16-18H,6-14H2;9-11,16H,1-8H2/t17-,18-;10-,11-/m11/s1. The molecule has 266 valence electrons. The van der Waals surface area contributed by atoms with Gasteiger partial charge in [0.05, 0.1) is 24.3 Å². The summed E-state index contributed by atoms with van der Waals surface area (Å²) in [5.74, 6) is -5.77. The molecule has 0 aromatic heterocycles. The van der Waals surface area contributed by atoms with Gasteiger partial charge in [0.15, 0.2) is 0 Å². The number of nitrogens with zero attached hydrogens (tertiary/aromatic N) is 3. The van der Waals surface area contributed by atoms with Crippen LogP contribution in [0.25, 0.3) is 0 Å². The third-order valence-corrected chi connectivity index (χ3v) is 10.6. The molecule has 0 unspecified atom stereocenters. The Balaban J connectivity index is 0.000000182. The Morgan fingerprint density at radius 2 is 1.27 bits per heavy atom. The topological polar surface area (TPSA) is 101 Å². The number of carbonyl (C=O) groups excluding carboxylic acids is 3. The molecule has 7 rings (SSSR count). The van der Waals surface area contributed by atoms with E-state index in [9.17, 15) is 31.9 Å². The summed E-state index contributed by atoms with van der Waals surface area (Å²) in [5.41, 5.74) is 0.916. The molecule has 3 amide bonds. The van der Waals surface area contributed by atoms with Gasteiger partial charge in [0, 0.05) is 50.9 Å². The van der Waals surface area contributed by atoms with Crippen molar-refractivity contribution in [1.82, 2.24) is 20.0 Å². The zero-order valence-electron chi connectivity index (χ0n) is 27.2.